The summed E-state index contributed by atoms with van der Waals surface area (Å²) < 4.78 is 11.5. The fourth-order valence-corrected chi connectivity index (χ4v) is 5.14. The maximum absolute atomic E-state index is 12.7. The number of amides is 2. The molecule has 1 N–H and O–H groups in total. The molecule has 0 bridgehead atoms. The number of nitrogens with one attached hydrogen (secondary N) is 1. The summed E-state index contributed by atoms with van der Waals surface area (Å²) in [5.41, 5.74) is -0.141. The minimum atomic E-state index is -0.141. The fraction of sp³-hybridized carbons (Fsp3) is 0.947. The summed E-state index contributed by atoms with van der Waals surface area (Å²) in [6.07, 6.45) is 6.53. The average molecular weight is 351 g/mol. The second-order valence-corrected chi connectivity index (χ2v) is 8.61. The molecule has 4 aliphatic heterocycles. The van der Waals surface area contributed by atoms with Crippen LogP contribution in [0.25, 0.3) is 0 Å². The van der Waals surface area contributed by atoms with E-state index >= 15 is 0 Å². The van der Waals surface area contributed by atoms with Gasteiger partial charge >= 0.3 is 6.03 Å². The van der Waals surface area contributed by atoms with Crippen molar-refractivity contribution in [2.75, 3.05) is 53.0 Å². The van der Waals surface area contributed by atoms with Crippen molar-refractivity contribution in [3.05, 3.63) is 0 Å². The van der Waals surface area contributed by atoms with Gasteiger partial charge in [0.15, 0.2) is 0 Å². The van der Waals surface area contributed by atoms with Gasteiger partial charge in [0, 0.05) is 38.8 Å². The SMILES string of the molecule is CN1CCC(C2CCN(C(=O)NC3CCOC4(CCOC4)C3)C2)CC1. The molecular formula is C19H33N3O3. The highest BCUT2D eigenvalue weighted by Crippen LogP contribution is 2.34. The van der Waals surface area contributed by atoms with Crippen molar-refractivity contribution in [2.24, 2.45) is 11.8 Å². The van der Waals surface area contributed by atoms with Crippen LogP contribution in [0.15, 0.2) is 0 Å². The number of urea groups is 1. The lowest BCUT2D eigenvalue weighted by Gasteiger charge is -2.38. The van der Waals surface area contributed by atoms with Gasteiger partial charge in [0.25, 0.3) is 0 Å². The van der Waals surface area contributed by atoms with Crippen LogP contribution in [-0.4, -0.2) is 80.5 Å². The van der Waals surface area contributed by atoms with E-state index in [1.165, 1.54) is 32.4 Å². The molecule has 4 heterocycles. The summed E-state index contributed by atoms with van der Waals surface area (Å²) in [7, 11) is 2.21. The third-order valence-electron chi connectivity index (χ3n) is 6.83. The van der Waals surface area contributed by atoms with E-state index in [9.17, 15) is 4.79 Å². The molecule has 25 heavy (non-hydrogen) atoms. The van der Waals surface area contributed by atoms with Crippen LogP contribution in [0.3, 0.4) is 0 Å². The molecule has 142 valence electrons. The second kappa shape index (κ2) is 7.41. The summed E-state index contributed by atoms with van der Waals surface area (Å²) in [5.74, 6) is 1.50. The molecule has 6 nitrogen and oxygen atoms in total. The van der Waals surface area contributed by atoms with Gasteiger partial charge in [0.1, 0.15) is 0 Å². The first-order valence-electron chi connectivity index (χ1n) is 10.1. The van der Waals surface area contributed by atoms with Crippen LogP contribution in [0.2, 0.25) is 0 Å². The van der Waals surface area contributed by atoms with Crippen molar-refractivity contribution in [1.29, 1.82) is 0 Å². The molecular weight excluding hydrogens is 318 g/mol. The van der Waals surface area contributed by atoms with Gasteiger partial charge < -0.3 is 24.6 Å². The van der Waals surface area contributed by atoms with Gasteiger partial charge in [-0.2, -0.15) is 0 Å². The van der Waals surface area contributed by atoms with E-state index in [1.807, 2.05) is 0 Å². The van der Waals surface area contributed by atoms with E-state index < -0.39 is 0 Å². The van der Waals surface area contributed by atoms with E-state index in [2.05, 4.69) is 22.2 Å². The van der Waals surface area contributed by atoms with E-state index in [0.29, 0.717) is 12.5 Å². The lowest BCUT2D eigenvalue weighted by Crippen LogP contribution is -2.51. The number of piperidine rings is 1. The van der Waals surface area contributed by atoms with Crippen LogP contribution < -0.4 is 5.32 Å². The van der Waals surface area contributed by atoms with Crippen LogP contribution in [0.1, 0.15) is 38.5 Å². The molecule has 4 saturated heterocycles. The number of rotatable bonds is 2. The third-order valence-corrected chi connectivity index (χ3v) is 6.83. The van der Waals surface area contributed by atoms with Gasteiger partial charge in [-0.3, -0.25) is 0 Å². The Morgan fingerprint density at radius 3 is 2.64 bits per heavy atom. The van der Waals surface area contributed by atoms with Crippen LogP contribution in [0, 0.1) is 11.8 Å². The Morgan fingerprint density at radius 2 is 1.88 bits per heavy atom. The minimum absolute atomic E-state index is 0.136. The molecule has 4 fully saturated rings. The smallest absolute Gasteiger partial charge is 0.317 e. The normalized spacial score (nSPS) is 37.7. The quantitative estimate of drug-likeness (QED) is 0.823. The summed E-state index contributed by atoms with van der Waals surface area (Å²) in [6.45, 7) is 6.47. The summed E-state index contributed by atoms with van der Waals surface area (Å²) in [4.78, 5) is 17.2. The number of ether oxygens (including phenoxy) is 2. The molecule has 3 atom stereocenters. The molecule has 2 amide bonds. The molecule has 0 aromatic heterocycles. The van der Waals surface area contributed by atoms with Crippen LogP contribution in [0.5, 0.6) is 0 Å². The first kappa shape index (κ1) is 17.6. The Labute approximate surface area is 151 Å². The Kier molecular flexibility index (Phi) is 5.20. The molecule has 0 radical (unpaired) electrons. The zero-order chi connectivity index (χ0) is 17.3. The summed E-state index contributed by atoms with van der Waals surface area (Å²) in [5, 5.41) is 3.29. The van der Waals surface area contributed by atoms with Crippen LogP contribution >= 0.6 is 0 Å². The topological polar surface area (TPSA) is 54.0 Å². The fourth-order valence-electron chi connectivity index (χ4n) is 5.14. The monoisotopic (exact) mass is 351 g/mol. The highest BCUT2D eigenvalue weighted by atomic mass is 16.6. The lowest BCUT2D eigenvalue weighted by atomic mass is 9.84. The van der Waals surface area contributed by atoms with Gasteiger partial charge in [-0.1, -0.05) is 0 Å². The maximum Gasteiger partial charge on any atom is 0.317 e. The number of hydrogen-bond donors (Lipinski definition) is 1. The van der Waals surface area contributed by atoms with Gasteiger partial charge in [-0.15, -0.1) is 0 Å². The minimum Gasteiger partial charge on any atom is -0.378 e. The Balaban J connectivity index is 1.26. The highest BCUT2D eigenvalue weighted by Gasteiger charge is 2.42. The van der Waals surface area contributed by atoms with E-state index in [0.717, 1.165) is 51.5 Å². The van der Waals surface area contributed by atoms with Crippen molar-refractivity contribution in [3.63, 3.8) is 0 Å². The van der Waals surface area contributed by atoms with Crippen molar-refractivity contribution >= 4 is 6.03 Å². The highest BCUT2D eigenvalue weighted by molar-refractivity contribution is 5.74. The van der Waals surface area contributed by atoms with Crippen molar-refractivity contribution in [3.8, 4) is 0 Å². The zero-order valence-electron chi connectivity index (χ0n) is 15.5. The largest absolute Gasteiger partial charge is 0.378 e. The van der Waals surface area contributed by atoms with Gasteiger partial charge in [-0.05, 0) is 64.1 Å². The number of hydrogen-bond acceptors (Lipinski definition) is 4. The summed E-state index contributed by atoms with van der Waals surface area (Å²) in [6, 6.07) is 0.363. The second-order valence-electron chi connectivity index (χ2n) is 8.61. The third kappa shape index (κ3) is 3.96. The van der Waals surface area contributed by atoms with E-state index in [-0.39, 0.29) is 17.7 Å². The lowest BCUT2D eigenvalue weighted by molar-refractivity contribution is -0.0881. The molecule has 0 saturated carbocycles. The van der Waals surface area contributed by atoms with Gasteiger partial charge in [0.2, 0.25) is 0 Å². The summed E-state index contributed by atoms with van der Waals surface area (Å²) >= 11 is 0. The zero-order valence-corrected chi connectivity index (χ0v) is 15.5. The van der Waals surface area contributed by atoms with Gasteiger partial charge in [-0.25, -0.2) is 4.79 Å². The Hall–Kier alpha value is -0.850. The van der Waals surface area contributed by atoms with E-state index in [1.54, 1.807) is 0 Å². The molecule has 3 unspecified atom stereocenters. The number of carbonyl (C=O) groups excluding carboxylic acids is 1. The molecule has 1 spiro atoms. The standard InChI is InChI=1S/C19H33N3O3/c1-21-7-2-15(3-8-21)16-4-9-22(13-16)18(23)20-17-5-10-25-19(12-17)6-11-24-14-19/h15-17H,2-14H2,1H3,(H,20,23). The first-order valence-corrected chi connectivity index (χ1v) is 10.1. The molecule has 4 aliphatic rings. The Bertz CT molecular complexity index is 473. The average Bonchev–Trinajstić information content (AvgIpc) is 3.26. The molecule has 4 rings (SSSR count). The van der Waals surface area contributed by atoms with E-state index in [4.69, 9.17) is 9.47 Å². The predicted octanol–water partition coefficient (Wildman–Crippen LogP) is 1.70. The maximum atomic E-state index is 12.7. The first-order chi connectivity index (χ1) is 12.1. The Morgan fingerprint density at radius 1 is 1.08 bits per heavy atom. The van der Waals surface area contributed by atoms with Gasteiger partial charge in [0.05, 0.1) is 12.2 Å². The molecule has 6 heteroatoms. The van der Waals surface area contributed by atoms with Crippen LogP contribution in [0.4, 0.5) is 4.79 Å². The number of likely N-dealkylation sites (tertiary alicyclic amines) is 2. The van der Waals surface area contributed by atoms with Crippen molar-refractivity contribution in [2.45, 2.75) is 50.2 Å². The van der Waals surface area contributed by atoms with Crippen LogP contribution in [-0.2, 0) is 9.47 Å². The predicted molar refractivity (Wildman–Crippen MR) is 95.6 cm³/mol. The number of nitrogens with zero attached hydrogens (tertiary/aromatic N) is 2. The number of carbonyl (C=O) groups is 1. The molecule has 0 aromatic rings. The van der Waals surface area contributed by atoms with Crippen molar-refractivity contribution in [1.82, 2.24) is 15.1 Å². The molecule has 0 aliphatic carbocycles. The molecule has 0 aromatic carbocycles. The van der Waals surface area contributed by atoms with Crippen molar-refractivity contribution < 1.29 is 14.3 Å².